The van der Waals surface area contributed by atoms with Crippen LogP contribution >= 0.6 is 0 Å². The summed E-state index contributed by atoms with van der Waals surface area (Å²) in [6.07, 6.45) is 6.89. The highest BCUT2D eigenvalue weighted by atomic mass is 16.2. The van der Waals surface area contributed by atoms with Crippen molar-refractivity contribution in [3.8, 4) is 0 Å². The molecule has 0 saturated heterocycles. The highest BCUT2D eigenvalue weighted by molar-refractivity contribution is 5.73. The Balaban J connectivity index is 1.68. The minimum absolute atomic E-state index is 0.0911. The summed E-state index contributed by atoms with van der Waals surface area (Å²) in [6, 6.07) is 0.559. The van der Waals surface area contributed by atoms with E-state index in [1.165, 1.54) is 32.1 Å². The second-order valence-corrected chi connectivity index (χ2v) is 6.10. The standard InChI is InChI=1S/C13H22N2O/c1-15(2)13(16)14-11-6-5-10-8-3-4-9(7-8)12(10)11/h8-12H,3-7H2,1-2H3,(H,14,16)/t8-,9+,10+,11+,12-/m0/s1. The van der Waals surface area contributed by atoms with Gasteiger partial charge in [0.05, 0.1) is 0 Å². The third-order valence-electron chi connectivity index (χ3n) is 5.15. The van der Waals surface area contributed by atoms with Gasteiger partial charge in [-0.3, -0.25) is 0 Å². The fourth-order valence-electron chi connectivity index (χ4n) is 4.53. The molecule has 0 aliphatic heterocycles. The third-order valence-corrected chi connectivity index (χ3v) is 5.15. The fraction of sp³-hybridized carbons (Fsp3) is 0.923. The van der Waals surface area contributed by atoms with Crippen molar-refractivity contribution in [1.29, 1.82) is 0 Å². The summed E-state index contributed by atoms with van der Waals surface area (Å²) in [6.45, 7) is 0. The van der Waals surface area contributed by atoms with Crippen LogP contribution in [0.25, 0.3) is 0 Å². The van der Waals surface area contributed by atoms with E-state index >= 15 is 0 Å². The number of rotatable bonds is 1. The summed E-state index contributed by atoms with van der Waals surface area (Å²) in [5.41, 5.74) is 0. The van der Waals surface area contributed by atoms with Crippen molar-refractivity contribution >= 4 is 6.03 Å². The fourth-order valence-corrected chi connectivity index (χ4v) is 4.53. The van der Waals surface area contributed by atoms with Crippen molar-refractivity contribution in [2.45, 2.75) is 38.1 Å². The average molecular weight is 222 g/mol. The largest absolute Gasteiger partial charge is 0.335 e. The zero-order valence-corrected chi connectivity index (χ0v) is 10.3. The summed E-state index contributed by atoms with van der Waals surface area (Å²) in [4.78, 5) is 13.4. The van der Waals surface area contributed by atoms with Gasteiger partial charge in [0.2, 0.25) is 0 Å². The van der Waals surface area contributed by atoms with Gasteiger partial charge >= 0.3 is 6.03 Å². The Morgan fingerprint density at radius 2 is 1.88 bits per heavy atom. The van der Waals surface area contributed by atoms with Crippen LogP contribution in [0.1, 0.15) is 32.1 Å². The molecule has 3 nitrogen and oxygen atoms in total. The zero-order valence-electron chi connectivity index (χ0n) is 10.3. The molecular formula is C13H22N2O. The summed E-state index contributed by atoms with van der Waals surface area (Å²) in [5, 5.41) is 3.22. The first-order chi connectivity index (χ1) is 7.66. The normalized spacial score (nSPS) is 44.5. The van der Waals surface area contributed by atoms with E-state index in [9.17, 15) is 4.79 Å². The van der Waals surface area contributed by atoms with Crippen molar-refractivity contribution in [3.05, 3.63) is 0 Å². The second-order valence-electron chi connectivity index (χ2n) is 6.10. The Bertz CT molecular complexity index is 302. The van der Waals surface area contributed by atoms with Crippen LogP contribution in [0.15, 0.2) is 0 Å². The minimum atomic E-state index is 0.0911. The van der Waals surface area contributed by atoms with Gasteiger partial charge in [-0.15, -0.1) is 0 Å². The minimum Gasteiger partial charge on any atom is -0.335 e. The molecule has 3 aliphatic rings. The van der Waals surface area contributed by atoms with Crippen LogP contribution in [0.4, 0.5) is 4.79 Å². The molecule has 0 spiro atoms. The lowest BCUT2D eigenvalue weighted by Crippen LogP contribution is -2.45. The summed E-state index contributed by atoms with van der Waals surface area (Å²) < 4.78 is 0. The molecule has 3 rings (SSSR count). The van der Waals surface area contributed by atoms with E-state index in [0.29, 0.717) is 6.04 Å². The molecule has 3 fully saturated rings. The molecule has 5 atom stereocenters. The van der Waals surface area contributed by atoms with Crippen molar-refractivity contribution in [2.75, 3.05) is 14.1 Å². The van der Waals surface area contributed by atoms with Crippen LogP contribution in [0.5, 0.6) is 0 Å². The Kier molecular flexibility index (Phi) is 2.37. The number of nitrogens with zero attached hydrogens (tertiary/aromatic N) is 1. The second kappa shape index (κ2) is 3.64. The number of fused-ring (bicyclic) bond motifs is 5. The quantitative estimate of drug-likeness (QED) is 0.724. The predicted molar refractivity (Wildman–Crippen MR) is 63.1 cm³/mol. The van der Waals surface area contributed by atoms with Gasteiger partial charge in [-0.1, -0.05) is 0 Å². The number of hydrogen-bond donors (Lipinski definition) is 1. The van der Waals surface area contributed by atoms with Crippen molar-refractivity contribution in [3.63, 3.8) is 0 Å². The summed E-state index contributed by atoms with van der Waals surface area (Å²) in [7, 11) is 3.64. The van der Waals surface area contributed by atoms with Gasteiger partial charge in [-0.2, -0.15) is 0 Å². The molecule has 3 heteroatoms. The van der Waals surface area contributed by atoms with Crippen LogP contribution in [0, 0.1) is 23.7 Å². The highest BCUT2D eigenvalue weighted by Crippen LogP contribution is 2.58. The first-order valence-corrected chi connectivity index (χ1v) is 6.64. The number of urea groups is 1. The number of carbonyl (C=O) groups excluding carboxylic acids is 1. The van der Waals surface area contributed by atoms with Gasteiger partial charge in [-0.05, 0) is 55.8 Å². The number of hydrogen-bond acceptors (Lipinski definition) is 1. The Labute approximate surface area is 97.6 Å². The average Bonchev–Trinajstić information content (AvgIpc) is 2.88. The van der Waals surface area contributed by atoms with Crippen molar-refractivity contribution < 1.29 is 4.79 Å². The van der Waals surface area contributed by atoms with Crippen molar-refractivity contribution in [1.82, 2.24) is 10.2 Å². The van der Waals surface area contributed by atoms with Gasteiger partial charge in [-0.25, -0.2) is 4.79 Å². The van der Waals surface area contributed by atoms with Gasteiger partial charge < -0.3 is 10.2 Å². The van der Waals surface area contributed by atoms with Gasteiger partial charge in [0.1, 0.15) is 0 Å². The number of nitrogens with one attached hydrogen (secondary N) is 1. The maximum Gasteiger partial charge on any atom is 0.317 e. The molecule has 0 aromatic rings. The Morgan fingerprint density at radius 1 is 1.12 bits per heavy atom. The van der Waals surface area contributed by atoms with Crippen LogP contribution in [-0.2, 0) is 0 Å². The van der Waals surface area contributed by atoms with Crippen LogP contribution in [-0.4, -0.2) is 31.1 Å². The molecule has 3 saturated carbocycles. The van der Waals surface area contributed by atoms with Gasteiger partial charge in [0, 0.05) is 20.1 Å². The molecule has 0 aromatic heterocycles. The van der Waals surface area contributed by atoms with Crippen LogP contribution in [0.2, 0.25) is 0 Å². The summed E-state index contributed by atoms with van der Waals surface area (Å²) in [5.74, 6) is 3.66. The molecular weight excluding hydrogens is 200 g/mol. The molecule has 1 N–H and O–H groups in total. The topological polar surface area (TPSA) is 32.3 Å². The molecule has 0 aromatic carbocycles. The van der Waals surface area contributed by atoms with E-state index in [2.05, 4.69) is 5.32 Å². The molecule has 0 heterocycles. The monoisotopic (exact) mass is 222 g/mol. The maximum absolute atomic E-state index is 11.7. The predicted octanol–water partition coefficient (Wildman–Crippen LogP) is 2.08. The van der Waals surface area contributed by atoms with Gasteiger partial charge in [0.25, 0.3) is 0 Å². The Hall–Kier alpha value is -0.730. The molecule has 2 amide bonds. The van der Waals surface area contributed by atoms with E-state index < -0.39 is 0 Å². The van der Waals surface area contributed by atoms with E-state index in [1.807, 2.05) is 14.1 Å². The van der Waals surface area contributed by atoms with E-state index in [1.54, 1.807) is 4.90 Å². The first-order valence-electron chi connectivity index (χ1n) is 6.64. The summed E-state index contributed by atoms with van der Waals surface area (Å²) >= 11 is 0. The molecule has 0 radical (unpaired) electrons. The lowest BCUT2D eigenvalue weighted by molar-refractivity contribution is 0.194. The Morgan fingerprint density at radius 3 is 2.62 bits per heavy atom. The maximum atomic E-state index is 11.7. The lowest BCUT2D eigenvalue weighted by Gasteiger charge is -2.30. The van der Waals surface area contributed by atoms with E-state index in [-0.39, 0.29) is 6.03 Å². The van der Waals surface area contributed by atoms with Gasteiger partial charge in [0.15, 0.2) is 0 Å². The molecule has 90 valence electrons. The molecule has 2 bridgehead atoms. The van der Waals surface area contributed by atoms with Crippen LogP contribution in [0.3, 0.4) is 0 Å². The molecule has 3 aliphatic carbocycles. The van der Waals surface area contributed by atoms with Crippen molar-refractivity contribution in [2.24, 2.45) is 23.7 Å². The van der Waals surface area contributed by atoms with E-state index in [0.717, 1.165) is 23.7 Å². The zero-order chi connectivity index (χ0) is 11.3. The van der Waals surface area contributed by atoms with Crippen LogP contribution < -0.4 is 5.32 Å². The third kappa shape index (κ3) is 1.44. The number of amides is 2. The highest BCUT2D eigenvalue weighted by Gasteiger charge is 2.53. The lowest BCUT2D eigenvalue weighted by atomic mass is 9.80. The van der Waals surface area contributed by atoms with E-state index in [4.69, 9.17) is 0 Å². The molecule has 16 heavy (non-hydrogen) atoms. The molecule has 0 unspecified atom stereocenters. The SMILES string of the molecule is CN(C)C(=O)N[C@@H]1CC[C@@H]2[C@H]3CC[C@H](C3)[C@@H]21. The first kappa shape index (κ1) is 10.4. The number of carbonyl (C=O) groups is 1. The smallest absolute Gasteiger partial charge is 0.317 e.